The number of carbonyl (C=O) groups is 1. The van der Waals surface area contributed by atoms with Crippen LogP contribution in [0.25, 0.3) is 0 Å². The molecule has 2 atom stereocenters. The molecule has 0 aromatic heterocycles. The van der Waals surface area contributed by atoms with Gasteiger partial charge in [-0.25, -0.2) is 0 Å². The summed E-state index contributed by atoms with van der Waals surface area (Å²) >= 11 is 5.83. The lowest BCUT2D eigenvalue weighted by Crippen LogP contribution is -2.31. The van der Waals surface area contributed by atoms with E-state index in [4.69, 9.17) is 16.3 Å². The summed E-state index contributed by atoms with van der Waals surface area (Å²) in [5, 5.41) is 0.0154. The van der Waals surface area contributed by atoms with Crippen LogP contribution in [0.2, 0.25) is 0 Å². The number of amides is 1. The monoisotopic (exact) mass is 233 g/mol. The minimum atomic E-state index is 0.0154. The Morgan fingerprint density at radius 3 is 2.93 bits per heavy atom. The van der Waals surface area contributed by atoms with Crippen LogP contribution in [0.3, 0.4) is 0 Å². The van der Waals surface area contributed by atoms with Gasteiger partial charge < -0.3 is 9.64 Å². The van der Waals surface area contributed by atoms with Gasteiger partial charge in [-0.15, -0.1) is 11.6 Å². The molecule has 88 valence electrons. The standard InChI is InChI=1S/C11H20ClNO2/c1-9(12)8-13(2)11(14)6-5-10-4-3-7-15-10/h9-10H,3-8H2,1-2H3. The molecule has 4 heteroatoms. The molecule has 1 rings (SSSR count). The Balaban J connectivity index is 2.16. The van der Waals surface area contributed by atoms with Gasteiger partial charge in [0.25, 0.3) is 0 Å². The van der Waals surface area contributed by atoms with Gasteiger partial charge in [0.15, 0.2) is 0 Å². The average Bonchev–Trinajstić information content (AvgIpc) is 2.65. The Morgan fingerprint density at radius 1 is 1.67 bits per heavy atom. The van der Waals surface area contributed by atoms with Crippen LogP contribution >= 0.6 is 11.6 Å². The highest BCUT2D eigenvalue weighted by atomic mass is 35.5. The summed E-state index contributed by atoms with van der Waals surface area (Å²) in [4.78, 5) is 13.3. The number of ether oxygens (including phenoxy) is 1. The molecule has 0 bridgehead atoms. The Bertz CT molecular complexity index is 203. The normalized spacial score (nSPS) is 22.7. The molecule has 1 heterocycles. The molecule has 0 spiro atoms. The SMILES string of the molecule is CC(Cl)CN(C)C(=O)CCC1CCCO1. The van der Waals surface area contributed by atoms with Crippen molar-refractivity contribution in [2.75, 3.05) is 20.2 Å². The maximum Gasteiger partial charge on any atom is 0.222 e. The predicted molar refractivity (Wildman–Crippen MR) is 61.2 cm³/mol. The molecule has 1 fully saturated rings. The van der Waals surface area contributed by atoms with Crippen molar-refractivity contribution in [3.8, 4) is 0 Å². The minimum absolute atomic E-state index is 0.0154. The molecule has 1 amide bonds. The maximum absolute atomic E-state index is 11.6. The van der Waals surface area contributed by atoms with Crippen molar-refractivity contribution >= 4 is 17.5 Å². The third kappa shape index (κ3) is 4.85. The quantitative estimate of drug-likeness (QED) is 0.680. The lowest BCUT2D eigenvalue weighted by molar-refractivity contribution is -0.130. The van der Waals surface area contributed by atoms with E-state index in [0.717, 1.165) is 25.9 Å². The molecule has 0 saturated carbocycles. The van der Waals surface area contributed by atoms with Gasteiger partial charge >= 0.3 is 0 Å². The fraction of sp³-hybridized carbons (Fsp3) is 0.909. The largest absolute Gasteiger partial charge is 0.378 e. The fourth-order valence-electron chi connectivity index (χ4n) is 1.83. The van der Waals surface area contributed by atoms with Crippen LogP contribution in [0.1, 0.15) is 32.6 Å². The smallest absolute Gasteiger partial charge is 0.222 e. The zero-order valence-electron chi connectivity index (χ0n) is 9.54. The highest BCUT2D eigenvalue weighted by molar-refractivity contribution is 6.20. The van der Waals surface area contributed by atoms with Crippen molar-refractivity contribution in [2.24, 2.45) is 0 Å². The summed E-state index contributed by atoms with van der Waals surface area (Å²) in [6, 6.07) is 0. The van der Waals surface area contributed by atoms with Gasteiger partial charge in [-0.1, -0.05) is 0 Å². The number of hydrogen-bond donors (Lipinski definition) is 0. The Morgan fingerprint density at radius 2 is 2.40 bits per heavy atom. The van der Waals surface area contributed by atoms with Crippen LogP contribution < -0.4 is 0 Å². The Labute approximate surface area is 96.7 Å². The molecule has 0 aromatic rings. The first-order valence-corrected chi connectivity index (χ1v) is 6.03. The number of carbonyl (C=O) groups excluding carboxylic acids is 1. The van der Waals surface area contributed by atoms with Crippen molar-refractivity contribution in [1.29, 1.82) is 0 Å². The van der Waals surface area contributed by atoms with E-state index in [-0.39, 0.29) is 11.3 Å². The van der Waals surface area contributed by atoms with Gasteiger partial charge in [0.05, 0.1) is 6.10 Å². The van der Waals surface area contributed by atoms with Gasteiger partial charge in [-0.2, -0.15) is 0 Å². The Kier molecular flexibility index (Phi) is 5.40. The lowest BCUT2D eigenvalue weighted by Gasteiger charge is -2.19. The summed E-state index contributed by atoms with van der Waals surface area (Å²) in [6.07, 6.45) is 3.96. The van der Waals surface area contributed by atoms with E-state index in [1.54, 1.807) is 11.9 Å². The third-order valence-corrected chi connectivity index (χ3v) is 2.79. The third-order valence-electron chi connectivity index (χ3n) is 2.66. The predicted octanol–water partition coefficient (Wildman–Crippen LogP) is 2.03. The molecule has 1 saturated heterocycles. The van der Waals surface area contributed by atoms with Crippen LogP contribution in [0.4, 0.5) is 0 Å². The minimum Gasteiger partial charge on any atom is -0.378 e. The van der Waals surface area contributed by atoms with Gasteiger partial charge in [-0.3, -0.25) is 4.79 Å². The van der Waals surface area contributed by atoms with E-state index < -0.39 is 0 Å². The molecule has 3 nitrogen and oxygen atoms in total. The first-order valence-electron chi connectivity index (χ1n) is 5.59. The second-order valence-corrected chi connectivity index (χ2v) is 4.97. The lowest BCUT2D eigenvalue weighted by atomic mass is 10.1. The topological polar surface area (TPSA) is 29.5 Å². The number of hydrogen-bond acceptors (Lipinski definition) is 2. The van der Waals surface area contributed by atoms with Gasteiger partial charge in [0.2, 0.25) is 5.91 Å². The average molecular weight is 234 g/mol. The van der Waals surface area contributed by atoms with E-state index in [1.165, 1.54) is 0 Å². The van der Waals surface area contributed by atoms with Gasteiger partial charge in [-0.05, 0) is 26.2 Å². The molecule has 0 N–H and O–H groups in total. The second-order valence-electron chi connectivity index (χ2n) is 4.23. The van der Waals surface area contributed by atoms with Crippen molar-refractivity contribution in [3.05, 3.63) is 0 Å². The Hall–Kier alpha value is -0.280. The zero-order chi connectivity index (χ0) is 11.3. The molecule has 0 radical (unpaired) electrons. The summed E-state index contributed by atoms with van der Waals surface area (Å²) < 4.78 is 5.47. The van der Waals surface area contributed by atoms with Gasteiger partial charge in [0, 0.05) is 32.0 Å². The molecule has 1 aliphatic rings. The van der Waals surface area contributed by atoms with Crippen molar-refractivity contribution < 1.29 is 9.53 Å². The number of halogens is 1. The molecule has 0 aromatic carbocycles. The summed E-state index contributed by atoms with van der Waals surface area (Å²) in [7, 11) is 1.80. The van der Waals surface area contributed by atoms with E-state index >= 15 is 0 Å². The van der Waals surface area contributed by atoms with Gasteiger partial charge in [0.1, 0.15) is 0 Å². The maximum atomic E-state index is 11.6. The van der Waals surface area contributed by atoms with Crippen LogP contribution in [0.15, 0.2) is 0 Å². The molecular formula is C11H20ClNO2. The zero-order valence-corrected chi connectivity index (χ0v) is 10.3. The fourth-order valence-corrected chi connectivity index (χ4v) is 2.03. The first-order chi connectivity index (χ1) is 7.09. The van der Waals surface area contributed by atoms with Crippen molar-refractivity contribution in [3.63, 3.8) is 0 Å². The number of alkyl halides is 1. The van der Waals surface area contributed by atoms with Crippen LogP contribution in [-0.4, -0.2) is 42.5 Å². The summed E-state index contributed by atoms with van der Waals surface area (Å²) in [5.41, 5.74) is 0. The van der Waals surface area contributed by atoms with Crippen LogP contribution in [0.5, 0.6) is 0 Å². The van der Waals surface area contributed by atoms with Crippen molar-refractivity contribution in [2.45, 2.75) is 44.1 Å². The second kappa shape index (κ2) is 6.33. The summed E-state index contributed by atoms with van der Waals surface area (Å²) in [6.45, 7) is 3.37. The molecule has 15 heavy (non-hydrogen) atoms. The molecular weight excluding hydrogens is 214 g/mol. The summed E-state index contributed by atoms with van der Waals surface area (Å²) in [5.74, 6) is 0.165. The van der Waals surface area contributed by atoms with Crippen LogP contribution in [0, 0.1) is 0 Å². The highest BCUT2D eigenvalue weighted by Gasteiger charge is 2.18. The molecule has 0 aliphatic carbocycles. The first kappa shape index (κ1) is 12.8. The van der Waals surface area contributed by atoms with E-state index in [2.05, 4.69) is 0 Å². The number of rotatable bonds is 5. The highest BCUT2D eigenvalue weighted by Crippen LogP contribution is 2.17. The van der Waals surface area contributed by atoms with E-state index in [9.17, 15) is 4.79 Å². The molecule has 1 aliphatic heterocycles. The number of nitrogens with zero attached hydrogens (tertiary/aromatic N) is 1. The van der Waals surface area contributed by atoms with Crippen LogP contribution in [-0.2, 0) is 9.53 Å². The van der Waals surface area contributed by atoms with Crippen molar-refractivity contribution in [1.82, 2.24) is 4.90 Å². The molecule has 2 unspecified atom stereocenters. The van der Waals surface area contributed by atoms with E-state index in [0.29, 0.717) is 19.1 Å². The van der Waals surface area contributed by atoms with E-state index in [1.807, 2.05) is 6.92 Å².